The van der Waals surface area contributed by atoms with Gasteiger partial charge in [0.05, 0.1) is 5.56 Å². The second kappa shape index (κ2) is 5.36. The number of nitrogens with one attached hydrogen (secondary N) is 1. The average molecular weight is 278 g/mol. The quantitative estimate of drug-likeness (QED) is 0.851. The molecule has 2 atom stereocenters. The molecule has 1 amide bonds. The summed E-state index contributed by atoms with van der Waals surface area (Å²) in [6, 6.07) is 2.06. The normalized spacial score (nSPS) is 26.2. The molecular weight excluding hydrogens is 259 g/mol. The number of anilines is 1. The van der Waals surface area contributed by atoms with Gasteiger partial charge in [0.25, 0.3) is 5.91 Å². The van der Waals surface area contributed by atoms with E-state index in [-0.39, 0.29) is 17.4 Å². The number of nitrogen functional groups attached to an aromatic ring is 1. The molecule has 2 aliphatic rings. The Labute approximate surface area is 117 Å². The van der Waals surface area contributed by atoms with Gasteiger partial charge in [0.2, 0.25) is 0 Å². The Morgan fingerprint density at radius 2 is 2.30 bits per heavy atom. The number of pyridine rings is 1. The molecule has 3 rings (SSSR count). The van der Waals surface area contributed by atoms with E-state index >= 15 is 0 Å². The summed E-state index contributed by atoms with van der Waals surface area (Å²) in [5.74, 6) is -1.36. The monoisotopic (exact) mass is 278 g/mol. The predicted molar refractivity (Wildman–Crippen MR) is 73.7 cm³/mol. The molecule has 2 saturated heterocycles. The Bertz CT molecular complexity index is 522. The summed E-state index contributed by atoms with van der Waals surface area (Å²) in [6.45, 7) is 2.18. The van der Waals surface area contributed by atoms with Crippen molar-refractivity contribution in [1.29, 1.82) is 0 Å². The van der Waals surface area contributed by atoms with E-state index in [4.69, 9.17) is 5.73 Å². The molecule has 6 heteroatoms. The highest BCUT2D eigenvalue weighted by atomic mass is 19.1. The van der Waals surface area contributed by atoms with Gasteiger partial charge in [-0.2, -0.15) is 0 Å². The van der Waals surface area contributed by atoms with E-state index in [9.17, 15) is 9.18 Å². The highest BCUT2D eigenvalue weighted by Crippen LogP contribution is 2.27. The van der Waals surface area contributed by atoms with E-state index in [1.807, 2.05) is 0 Å². The molecule has 0 bridgehead atoms. The number of halogens is 1. The number of nitrogens with two attached hydrogens (primary N) is 1. The summed E-state index contributed by atoms with van der Waals surface area (Å²) in [5, 5.41) is 2.93. The van der Waals surface area contributed by atoms with Gasteiger partial charge < -0.3 is 16.0 Å². The third-order valence-corrected chi connectivity index (χ3v) is 4.32. The number of piperidine rings is 1. The summed E-state index contributed by atoms with van der Waals surface area (Å²) in [4.78, 5) is 18.2. The number of carbonyl (C=O) groups excluding carboxylic acids is 1. The third kappa shape index (κ3) is 2.47. The summed E-state index contributed by atoms with van der Waals surface area (Å²) in [6.07, 6.45) is 5.66. The van der Waals surface area contributed by atoms with Crippen molar-refractivity contribution < 1.29 is 9.18 Å². The van der Waals surface area contributed by atoms with Crippen LogP contribution in [0.5, 0.6) is 0 Å². The number of hydrogen-bond acceptors (Lipinski definition) is 4. The van der Waals surface area contributed by atoms with Crippen LogP contribution in [0.15, 0.2) is 12.3 Å². The first-order valence-electron chi connectivity index (χ1n) is 7.10. The topological polar surface area (TPSA) is 71.2 Å². The molecule has 3 N–H and O–H groups in total. The fraction of sp³-hybridized carbons (Fsp3) is 0.571. The lowest BCUT2D eigenvalue weighted by Gasteiger charge is -2.35. The highest BCUT2D eigenvalue weighted by Gasteiger charge is 2.32. The molecule has 2 unspecified atom stereocenters. The second-order valence-corrected chi connectivity index (χ2v) is 5.58. The first-order valence-corrected chi connectivity index (χ1v) is 7.10. The number of amides is 1. The maximum Gasteiger partial charge on any atom is 0.254 e. The van der Waals surface area contributed by atoms with Crippen molar-refractivity contribution >= 4 is 11.7 Å². The number of carbonyl (C=O) groups is 1. The third-order valence-electron chi connectivity index (χ3n) is 4.32. The van der Waals surface area contributed by atoms with Gasteiger partial charge in [-0.3, -0.25) is 4.79 Å². The van der Waals surface area contributed by atoms with Gasteiger partial charge in [-0.05, 0) is 38.3 Å². The number of hydrogen-bond donors (Lipinski definition) is 2. The molecule has 20 heavy (non-hydrogen) atoms. The van der Waals surface area contributed by atoms with Gasteiger partial charge in [-0.25, -0.2) is 9.37 Å². The fourth-order valence-electron chi connectivity index (χ4n) is 3.25. The maximum atomic E-state index is 13.8. The zero-order chi connectivity index (χ0) is 14.1. The number of fused-ring (bicyclic) bond motifs is 1. The van der Waals surface area contributed by atoms with Crippen LogP contribution in [-0.2, 0) is 0 Å². The van der Waals surface area contributed by atoms with Crippen LogP contribution >= 0.6 is 0 Å². The Kier molecular flexibility index (Phi) is 3.56. The van der Waals surface area contributed by atoms with Crippen molar-refractivity contribution in [1.82, 2.24) is 15.2 Å². The largest absolute Gasteiger partial charge is 0.381 e. The Hall–Kier alpha value is -1.69. The molecule has 1 aromatic heterocycles. The maximum absolute atomic E-state index is 13.8. The first-order chi connectivity index (χ1) is 9.65. The van der Waals surface area contributed by atoms with Crippen molar-refractivity contribution in [3.05, 3.63) is 23.6 Å². The van der Waals surface area contributed by atoms with Crippen LogP contribution in [0.4, 0.5) is 10.2 Å². The molecule has 5 nitrogen and oxygen atoms in total. The molecule has 0 radical (unpaired) electrons. The highest BCUT2D eigenvalue weighted by molar-refractivity contribution is 5.95. The Morgan fingerprint density at radius 3 is 3.15 bits per heavy atom. The number of rotatable bonds is 2. The molecule has 2 fully saturated rings. The molecule has 2 aliphatic heterocycles. The molecular formula is C14H19FN4O. The molecule has 1 aromatic rings. The minimum Gasteiger partial charge on any atom is -0.381 e. The lowest BCUT2D eigenvalue weighted by atomic mass is 9.97. The van der Waals surface area contributed by atoms with Crippen molar-refractivity contribution in [2.75, 3.05) is 18.8 Å². The zero-order valence-corrected chi connectivity index (χ0v) is 11.3. The van der Waals surface area contributed by atoms with E-state index in [1.54, 1.807) is 0 Å². The van der Waals surface area contributed by atoms with Gasteiger partial charge >= 0.3 is 0 Å². The number of nitrogens with zero attached hydrogens (tertiary/aromatic N) is 2. The lowest BCUT2D eigenvalue weighted by Crippen LogP contribution is -2.47. The van der Waals surface area contributed by atoms with Crippen LogP contribution in [-0.4, -0.2) is 41.0 Å². The van der Waals surface area contributed by atoms with Crippen LogP contribution in [0, 0.1) is 5.82 Å². The van der Waals surface area contributed by atoms with E-state index < -0.39 is 11.7 Å². The van der Waals surface area contributed by atoms with Gasteiger partial charge in [-0.1, -0.05) is 0 Å². The van der Waals surface area contributed by atoms with Crippen molar-refractivity contribution in [2.45, 2.75) is 37.8 Å². The van der Waals surface area contributed by atoms with E-state index in [1.165, 1.54) is 31.6 Å². The summed E-state index contributed by atoms with van der Waals surface area (Å²) in [7, 11) is 0. The standard InChI is InChI=1S/C14H19FN4O/c15-12-11(3-5-17-13(12)16)14(20)18-9-4-7-19-6-1-2-10(19)8-9/h3,5,9-10H,1-2,4,6-8H2,(H2,16,17)(H,18,20). The van der Waals surface area contributed by atoms with Gasteiger partial charge in [-0.15, -0.1) is 0 Å². The molecule has 108 valence electrons. The summed E-state index contributed by atoms with van der Waals surface area (Å²) < 4.78 is 13.8. The van der Waals surface area contributed by atoms with Gasteiger partial charge in [0.1, 0.15) is 0 Å². The van der Waals surface area contributed by atoms with Crippen LogP contribution in [0.2, 0.25) is 0 Å². The van der Waals surface area contributed by atoms with E-state index in [0.29, 0.717) is 6.04 Å². The summed E-state index contributed by atoms with van der Waals surface area (Å²) >= 11 is 0. The van der Waals surface area contributed by atoms with Gasteiger partial charge in [0, 0.05) is 24.8 Å². The SMILES string of the molecule is Nc1nccc(C(=O)NC2CCN3CCCC3C2)c1F. The second-order valence-electron chi connectivity index (χ2n) is 5.58. The van der Waals surface area contributed by atoms with Crippen molar-refractivity contribution in [3.8, 4) is 0 Å². The smallest absolute Gasteiger partial charge is 0.254 e. The van der Waals surface area contributed by atoms with Crippen molar-refractivity contribution in [3.63, 3.8) is 0 Å². The number of aromatic nitrogens is 1. The van der Waals surface area contributed by atoms with Gasteiger partial charge in [0.15, 0.2) is 11.6 Å². The van der Waals surface area contributed by atoms with E-state index in [0.717, 1.165) is 19.4 Å². The summed E-state index contributed by atoms with van der Waals surface area (Å²) in [5.41, 5.74) is 5.37. The predicted octanol–water partition coefficient (Wildman–Crippen LogP) is 1.16. The fourth-order valence-corrected chi connectivity index (χ4v) is 3.25. The lowest BCUT2D eigenvalue weighted by molar-refractivity contribution is 0.0892. The zero-order valence-electron chi connectivity index (χ0n) is 11.3. The Balaban J connectivity index is 1.65. The first kappa shape index (κ1) is 13.3. The van der Waals surface area contributed by atoms with Crippen molar-refractivity contribution in [2.24, 2.45) is 0 Å². The molecule has 0 saturated carbocycles. The Morgan fingerprint density at radius 1 is 1.45 bits per heavy atom. The minimum atomic E-state index is -0.733. The van der Waals surface area contributed by atoms with Crippen LogP contribution < -0.4 is 11.1 Å². The molecule has 0 aromatic carbocycles. The van der Waals surface area contributed by atoms with Crippen LogP contribution in [0.3, 0.4) is 0 Å². The molecule has 0 aliphatic carbocycles. The average Bonchev–Trinajstić information content (AvgIpc) is 2.89. The minimum absolute atomic E-state index is 0.0219. The molecule has 3 heterocycles. The van der Waals surface area contributed by atoms with Crippen LogP contribution in [0.1, 0.15) is 36.0 Å². The molecule has 0 spiro atoms. The van der Waals surface area contributed by atoms with Crippen LogP contribution in [0.25, 0.3) is 0 Å². The van der Waals surface area contributed by atoms with E-state index in [2.05, 4.69) is 15.2 Å².